The number of aryl methyl sites for hydroxylation is 1. The zero-order valence-corrected chi connectivity index (χ0v) is 17.4. The minimum absolute atomic E-state index is 0.584. The Bertz CT molecular complexity index is 1170. The summed E-state index contributed by atoms with van der Waals surface area (Å²) in [5.74, 6) is 3.63. The number of hydrogen-bond donors (Lipinski definition) is 3. The van der Waals surface area contributed by atoms with E-state index in [4.69, 9.17) is 14.2 Å². The van der Waals surface area contributed by atoms with E-state index in [1.165, 1.54) is 0 Å². The first-order chi connectivity index (χ1) is 14.7. The quantitative estimate of drug-likeness (QED) is 0.415. The third-order valence-corrected chi connectivity index (χ3v) is 5.82. The summed E-state index contributed by atoms with van der Waals surface area (Å²) in [6, 6.07) is 12.2. The van der Waals surface area contributed by atoms with Crippen molar-refractivity contribution in [2.45, 2.75) is 19.8 Å². The summed E-state index contributed by atoms with van der Waals surface area (Å²) in [4.78, 5) is 6.64. The topological polar surface area (TPSA) is 71.3 Å². The fourth-order valence-corrected chi connectivity index (χ4v) is 4.16. The number of piperidine rings is 1. The Balaban J connectivity index is 1.39. The van der Waals surface area contributed by atoms with Crippen molar-refractivity contribution in [3.05, 3.63) is 48.3 Å². The van der Waals surface area contributed by atoms with Gasteiger partial charge in [-0.3, -0.25) is 0 Å². The lowest BCUT2D eigenvalue weighted by Crippen LogP contribution is -2.30. The molecule has 0 aliphatic carbocycles. The first-order valence-corrected chi connectivity index (χ1v) is 10.5. The number of nitrogens with one attached hydrogen (secondary N) is 3. The van der Waals surface area contributed by atoms with E-state index in [0.29, 0.717) is 12.5 Å². The van der Waals surface area contributed by atoms with Crippen LogP contribution in [0.1, 0.15) is 18.5 Å². The van der Waals surface area contributed by atoms with E-state index in [1.807, 2.05) is 36.5 Å². The summed E-state index contributed by atoms with van der Waals surface area (Å²) in [5, 5.41) is 5.49. The van der Waals surface area contributed by atoms with Crippen LogP contribution in [0.3, 0.4) is 0 Å². The monoisotopic (exact) mass is 405 g/mol. The highest BCUT2D eigenvalue weighted by molar-refractivity contribution is 5.90. The Morgan fingerprint density at radius 3 is 2.67 bits per heavy atom. The Morgan fingerprint density at radius 1 is 0.967 bits per heavy atom. The van der Waals surface area contributed by atoms with Crippen molar-refractivity contribution in [1.82, 2.24) is 15.3 Å². The summed E-state index contributed by atoms with van der Waals surface area (Å²) < 4.78 is 17.9. The van der Waals surface area contributed by atoms with Crippen molar-refractivity contribution < 1.29 is 14.2 Å². The van der Waals surface area contributed by atoms with E-state index in [2.05, 4.69) is 28.3 Å². The summed E-state index contributed by atoms with van der Waals surface area (Å²) in [6.45, 7) is 4.90. The van der Waals surface area contributed by atoms with Gasteiger partial charge in [0.15, 0.2) is 17.2 Å². The Kier molecular flexibility index (Phi) is 5.01. The fraction of sp³-hybridized carbons (Fsp3) is 0.333. The lowest BCUT2D eigenvalue weighted by Gasteiger charge is -2.23. The molecule has 4 aromatic rings. The molecule has 0 unspecified atom stereocenters. The number of benzene rings is 2. The SMILES string of the molecule is COc1cc2c(Oc3ccc4[nH]c(C)cc4c3)c[nH]c2cc1OCC1CCNCC1. The largest absolute Gasteiger partial charge is 0.493 e. The van der Waals surface area contributed by atoms with E-state index < -0.39 is 0 Å². The van der Waals surface area contributed by atoms with E-state index in [9.17, 15) is 0 Å². The predicted octanol–water partition coefficient (Wildman–Crippen LogP) is 5.14. The summed E-state index contributed by atoms with van der Waals surface area (Å²) in [5.41, 5.74) is 3.21. The van der Waals surface area contributed by atoms with Crippen LogP contribution in [0, 0.1) is 12.8 Å². The average molecular weight is 405 g/mol. The minimum Gasteiger partial charge on any atom is -0.493 e. The molecule has 1 fully saturated rings. The van der Waals surface area contributed by atoms with Gasteiger partial charge < -0.3 is 29.5 Å². The van der Waals surface area contributed by atoms with Crippen LogP contribution in [0.5, 0.6) is 23.0 Å². The van der Waals surface area contributed by atoms with Crippen LogP contribution in [0.4, 0.5) is 0 Å². The molecule has 2 aromatic heterocycles. The highest BCUT2D eigenvalue weighted by Crippen LogP contribution is 2.38. The van der Waals surface area contributed by atoms with Crippen LogP contribution in [-0.2, 0) is 0 Å². The van der Waals surface area contributed by atoms with Gasteiger partial charge in [-0.15, -0.1) is 0 Å². The molecule has 2 aromatic carbocycles. The first kappa shape index (κ1) is 18.9. The van der Waals surface area contributed by atoms with Crippen LogP contribution in [0.25, 0.3) is 21.8 Å². The van der Waals surface area contributed by atoms with Gasteiger partial charge >= 0.3 is 0 Å². The molecule has 0 saturated carbocycles. The maximum absolute atomic E-state index is 6.20. The number of ether oxygens (including phenoxy) is 3. The van der Waals surface area contributed by atoms with Gasteiger partial charge in [-0.2, -0.15) is 0 Å². The van der Waals surface area contributed by atoms with Gasteiger partial charge in [-0.25, -0.2) is 0 Å². The minimum atomic E-state index is 0.584. The fourth-order valence-electron chi connectivity index (χ4n) is 4.16. The van der Waals surface area contributed by atoms with Crippen LogP contribution in [0.2, 0.25) is 0 Å². The number of aromatic amines is 2. The van der Waals surface area contributed by atoms with Crippen LogP contribution >= 0.6 is 0 Å². The highest BCUT2D eigenvalue weighted by atomic mass is 16.5. The number of aromatic nitrogens is 2. The molecule has 0 spiro atoms. The lowest BCUT2D eigenvalue weighted by atomic mass is 9.99. The average Bonchev–Trinajstić information content (AvgIpc) is 3.33. The first-order valence-electron chi connectivity index (χ1n) is 10.5. The van der Waals surface area contributed by atoms with Gasteiger partial charge in [0, 0.05) is 34.2 Å². The summed E-state index contributed by atoms with van der Waals surface area (Å²) in [7, 11) is 1.67. The van der Waals surface area contributed by atoms with Crippen molar-refractivity contribution in [2.24, 2.45) is 5.92 Å². The Morgan fingerprint density at radius 2 is 1.83 bits per heavy atom. The zero-order valence-electron chi connectivity index (χ0n) is 17.4. The molecule has 156 valence electrons. The molecule has 30 heavy (non-hydrogen) atoms. The second kappa shape index (κ2) is 7.95. The highest BCUT2D eigenvalue weighted by Gasteiger charge is 2.17. The Hall–Kier alpha value is -3.12. The summed E-state index contributed by atoms with van der Waals surface area (Å²) >= 11 is 0. The second-order valence-corrected chi connectivity index (χ2v) is 8.01. The molecular weight excluding hydrogens is 378 g/mol. The van der Waals surface area contributed by atoms with E-state index in [0.717, 1.165) is 76.4 Å². The number of methoxy groups -OCH3 is 1. The molecule has 5 rings (SSSR count). The smallest absolute Gasteiger partial charge is 0.163 e. The van der Waals surface area contributed by atoms with E-state index in [1.54, 1.807) is 7.11 Å². The van der Waals surface area contributed by atoms with Gasteiger partial charge in [0.25, 0.3) is 0 Å². The third-order valence-electron chi connectivity index (χ3n) is 5.82. The number of hydrogen-bond acceptors (Lipinski definition) is 4. The molecule has 0 atom stereocenters. The van der Waals surface area contributed by atoms with Gasteiger partial charge in [-0.1, -0.05) is 0 Å². The third kappa shape index (κ3) is 3.71. The molecule has 1 saturated heterocycles. The molecule has 0 radical (unpaired) electrons. The van der Waals surface area contributed by atoms with Gasteiger partial charge in [-0.05, 0) is 69.1 Å². The molecule has 3 N–H and O–H groups in total. The zero-order chi connectivity index (χ0) is 20.5. The van der Waals surface area contributed by atoms with Gasteiger partial charge in [0.05, 0.1) is 19.2 Å². The van der Waals surface area contributed by atoms with Crippen molar-refractivity contribution in [3.8, 4) is 23.0 Å². The number of H-pyrrole nitrogens is 2. The Labute approximate surface area is 175 Å². The molecule has 3 heterocycles. The second-order valence-electron chi connectivity index (χ2n) is 8.01. The van der Waals surface area contributed by atoms with Gasteiger partial charge in [0.1, 0.15) is 5.75 Å². The van der Waals surface area contributed by atoms with Crippen molar-refractivity contribution >= 4 is 21.8 Å². The van der Waals surface area contributed by atoms with Crippen LogP contribution in [0.15, 0.2) is 42.6 Å². The molecule has 6 nitrogen and oxygen atoms in total. The van der Waals surface area contributed by atoms with E-state index in [-0.39, 0.29) is 0 Å². The van der Waals surface area contributed by atoms with Crippen LogP contribution in [-0.4, -0.2) is 36.8 Å². The predicted molar refractivity (Wildman–Crippen MR) is 119 cm³/mol. The molecule has 0 bridgehead atoms. The molecule has 0 amide bonds. The molecular formula is C24H27N3O3. The maximum atomic E-state index is 6.20. The number of rotatable bonds is 6. The molecule has 6 heteroatoms. The van der Waals surface area contributed by atoms with Gasteiger partial charge in [0.2, 0.25) is 0 Å². The maximum Gasteiger partial charge on any atom is 0.163 e. The molecule has 1 aliphatic rings. The van der Waals surface area contributed by atoms with Crippen LogP contribution < -0.4 is 19.5 Å². The molecule has 1 aliphatic heterocycles. The van der Waals surface area contributed by atoms with Crippen molar-refractivity contribution in [2.75, 3.05) is 26.8 Å². The standard InChI is InChI=1S/C24H27N3O3/c1-15-9-17-10-18(3-4-20(17)27-15)30-24-13-26-21-12-23(22(28-2)11-19(21)24)29-14-16-5-7-25-8-6-16/h3-4,9-13,16,25-27H,5-8,14H2,1-2H3. The van der Waals surface area contributed by atoms with Crippen molar-refractivity contribution in [3.63, 3.8) is 0 Å². The normalized spacial score (nSPS) is 15.0. The lowest BCUT2D eigenvalue weighted by molar-refractivity contribution is 0.208. The van der Waals surface area contributed by atoms with Crippen molar-refractivity contribution in [1.29, 1.82) is 0 Å². The summed E-state index contributed by atoms with van der Waals surface area (Å²) in [6.07, 6.45) is 4.18. The number of fused-ring (bicyclic) bond motifs is 2. The van der Waals surface area contributed by atoms with E-state index >= 15 is 0 Å².